The van der Waals surface area contributed by atoms with Gasteiger partial charge in [-0.3, -0.25) is 4.90 Å². The summed E-state index contributed by atoms with van der Waals surface area (Å²) >= 11 is 0. The largest absolute Gasteiger partial charge is 0.391 e. The highest BCUT2D eigenvalue weighted by Crippen LogP contribution is 2.36. The molecule has 3 heteroatoms. The molecular formula is C16H32N2O. The van der Waals surface area contributed by atoms with E-state index in [1.54, 1.807) is 0 Å². The van der Waals surface area contributed by atoms with Gasteiger partial charge in [0.25, 0.3) is 0 Å². The second-order valence-electron chi connectivity index (χ2n) is 7.18. The zero-order valence-electron chi connectivity index (χ0n) is 13.2. The number of likely N-dealkylation sites (N-methyl/N-ethyl adjacent to an activating group) is 2. The van der Waals surface area contributed by atoms with Crippen molar-refractivity contribution >= 4 is 0 Å². The Hall–Kier alpha value is -0.120. The summed E-state index contributed by atoms with van der Waals surface area (Å²) in [4.78, 5) is 4.77. The van der Waals surface area contributed by atoms with Crippen LogP contribution in [0.3, 0.4) is 0 Å². The van der Waals surface area contributed by atoms with Gasteiger partial charge in [-0.05, 0) is 64.2 Å². The van der Waals surface area contributed by atoms with Gasteiger partial charge >= 0.3 is 0 Å². The first-order valence-electron chi connectivity index (χ1n) is 8.06. The van der Waals surface area contributed by atoms with Crippen LogP contribution in [0.1, 0.15) is 39.5 Å². The Labute approximate surface area is 119 Å². The van der Waals surface area contributed by atoms with Crippen LogP contribution in [0.15, 0.2) is 0 Å². The second-order valence-corrected chi connectivity index (χ2v) is 7.18. The molecule has 0 aromatic carbocycles. The van der Waals surface area contributed by atoms with Crippen molar-refractivity contribution in [2.24, 2.45) is 17.8 Å². The van der Waals surface area contributed by atoms with E-state index in [2.05, 4.69) is 37.7 Å². The van der Waals surface area contributed by atoms with Gasteiger partial charge in [0, 0.05) is 12.6 Å². The summed E-state index contributed by atoms with van der Waals surface area (Å²) in [6, 6.07) is 0.318. The maximum absolute atomic E-state index is 10.8. The number of nitrogens with zero attached hydrogens (tertiary/aromatic N) is 2. The summed E-state index contributed by atoms with van der Waals surface area (Å²) in [5, 5.41) is 10.8. The molecule has 0 bridgehead atoms. The lowest BCUT2D eigenvalue weighted by Crippen LogP contribution is -2.50. The van der Waals surface area contributed by atoms with Crippen molar-refractivity contribution in [3.05, 3.63) is 0 Å². The van der Waals surface area contributed by atoms with Crippen molar-refractivity contribution in [2.45, 2.75) is 51.7 Å². The van der Waals surface area contributed by atoms with Gasteiger partial charge in [-0.2, -0.15) is 0 Å². The van der Waals surface area contributed by atoms with E-state index < -0.39 is 0 Å². The molecular weight excluding hydrogens is 236 g/mol. The number of hydrogen-bond acceptors (Lipinski definition) is 3. The third-order valence-electron chi connectivity index (χ3n) is 5.63. The molecule has 0 amide bonds. The minimum Gasteiger partial charge on any atom is -0.391 e. The molecule has 2 rings (SSSR count). The Bertz CT molecular complexity index is 284. The zero-order valence-corrected chi connectivity index (χ0v) is 13.2. The first kappa shape index (κ1) is 15.3. The van der Waals surface area contributed by atoms with E-state index in [1.807, 2.05) is 0 Å². The van der Waals surface area contributed by atoms with Gasteiger partial charge in [0.15, 0.2) is 0 Å². The molecule has 1 aliphatic carbocycles. The lowest BCUT2D eigenvalue weighted by molar-refractivity contribution is -0.00955. The van der Waals surface area contributed by atoms with Crippen LogP contribution >= 0.6 is 0 Å². The van der Waals surface area contributed by atoms with Gasteiger partial charge in [0.2, 0.25) is 0 Å². The number of aliphatic hydroxyl groups is 1. The molecule has 19 heavy (non-hydrogen) atoms. The molecule has 1 heterocycles. The summed E-state index contributed by atoms with van der Waals surface area (Å²) in [6.45, 7) is 8.00. The van der Waals surface area contributed by atoms with E-state index in [1.165, 1.54) is 25.7 Å². The second kappa shape index (κ2) is 6.55. The van der Waals surface area contributed by atoms with Crippen molar-refractivity contribution in [3.8, 4) is 0 Å². The fourth-order valence-corrected chi connectivity index (χ4v) is 3.89. The van der Waals surface area contributed by atoms with E-state index in [-0.39, 0.29) is 6.10 Å². The lowest BCUT2D eigenvalue weighted by Gasteiger charge is -2.40. The number of aliphatic hydroxyl groups excluding tert-OH is 1. The molecule has 0 radical (unpaired) electrons. The van der Waals surface area contributed by atoms with E-state index in [0.717, 1.165) is 31.5 Å². The Morgan fingerprint density at radius 3 is 2.47 bits per heavy atom. The fraction of sp³-hybridized carbons (Fsp3) is 1.00. The lowest BCUT2D eigenvalue weighted by atomic mass is 9.72. The van der Waals surface area contributed by atoms with Crippen molar-refractivity contribution < 1.29 is 5.11 Å². The van der Waals surface area contributed by atoms with Gasteiger partial charge in [0.05, 0.1) is 6.10 Å². The van der Waals surface area contributed by atoms with Gasteiger partial charge < -0.3 is 10.0 Å². The third-order valence-corrected chi connectivity index (χ3v) is 5.63. The highest BCUT2D eigenvalue weighted by molar-refractivity contribution is 4.89. The standard InChI is InChI=1S/C16H32N2O/c1-12-6-7-14(10-13(12)2)16(19)15-11-17(3)8-5-9-18(15)4/h12-16,19H,5-11H2,1-4H3. The Morgan fingerprint density at radius 2 is 1.79 bits per heavy atom. The Balaban J connectivity index is 1.98. The van der Waals surface area contributed by atoms with Crippen molar-refractivity contribution in [3.63, 3.8) is 0 Å². The molecule has 1 saturated carbocycles. The molecule has 2 aliphatic rings. The van der Waals surface area contributed by atoms with Gasteiger partial charge in [-0.15, -0.1) is 0 Å². The predicted molar refractivity (Wildman–Crippen MR) is 80.2 cm³/mol. The average molecular weight is 268 g/mol. The van der Waals surface area contributed by atoms with Crippen LogP contribution in [0, 0.1) is 17.8 Å². The van der Waals surface area contributed by atoms with Crippen LogP contribution in [0.5, 0.6) is 0 Å². The van der Waals surface area contributed by atoms with Gasteiger partial charge in [-0.25, -0.2) is 0 Å². The smallest absolute Gasteiger partial charge is 0.0735 e. The first-order valence-corrected chi connectivity index (χ1v) is 8.06. The predicted octanol–water partition coefficient (Wildman–Crippen LogP) is 2.06. The van der Waals surface area contributed by atoms with Gasteiger partial charge in [0.1, 0.15) is 0 Å². The van der Waals surface area contributed by atoms with E-state index in [0.29, 0.717) is 12.0 Å². The highest BCUT2D eigenvalue weighted by atomic mass is 16.3. The molecule has 0 aromatic heterocycles. The molecule has 2 fully saturated rings. The van der Waals surface area contributed by atoms with Crippen LogP contribution in [0.2, 0.25) is 0 Å². The third kappa shape index (κ3) is 3.71. The molecule has 1 saturated heterocycles. The van der Waals surface area contributed by atoms with Crippen molar-refractivity contribution in [1.29, 1.82) is 0 Å². The highest BCUT2D eigenvalue weighted by Gasteiger charge is 2.36. The molecule has 0 spiro atoms. The van der Waals surface area contributed by atoms with Crippen LogP contribution in [0.4, 0.5) is 0 Å². The van der Waals surface area contributed by atoms with E-state index in [4.69, 9.17) is 0 Å². The molecule has 0 aromatic rings. The zero-order chi connectivity index (χ0) is 14.0. The summed E-state index contributed by atoms with van der Waals surface area (Å²) in [5.74, 6) is 2.10. The van der Waals surface area contributed by atoms with E-state index in [9.17, 15) is 5.11 Å². The maximum Gasteiger partial charge on any atom is 0.0735 e. The Morgan fingerprint density at radius 1 is 1.05 bits per heavy atom. The minimum absolute atomic E-state index is 0.152. The molecule has 112 valence electrons. The van der Waals surface area contributed by atoms with Crippen molar-refractivity contribution in [1.82, 2.24) is 9.80 Å². The van der Waals surface area contributed by atoms with Crippen LogP contribution in [-0.2, 0) is 0 Å². The Kier molecular flexibility index (Phi) is 5.27. The SMILES string of the molecule is CC1CCC(C(O)C2CN(C)CCCN2C)CC1C. The van der Waals surface area contributed by atoms with Gasteiger partial charge in [-0.1, -0.05) is 20.3 Å². The van der Waals surface area contributed by atoms with Crippen LogP contribution in [0.25, 0.3) is 0 Å². The number of hydrogen-bond donors (Lipinski definition) is 1. The normalized spacial score (nSPS) is 40.9. The topological polar surface area (TPSA) is 26.7 Å². The quantitative estimate of drug-likeness (QED) is 0.830. The number of rotatable bonds is 2. The average Bonchev–Trinajstić information content (AvgIpc) is 2.54. The molecule has 1 aliphatic heterocycles. The first-order chi connectivity index (χ1) is 8.99. The monoisotopic (exact) mass is 268 g/mol. The summed E-state index contributed by atoms with van der Waals surface area (Å²) < 4.78 is 0. The van der Waals surface area contributed by atoms with Crippen molar-refractivity contribution in [2.75, 3.05) is 33.7 Å². The van der Waals surface area contributed by atoms with E-state index >= 15 is 0 Å². The fourth-order valence-electron chi connectivity index (χ4n) is 3.89. The van der Waals surface area contributed by atoms with Crippen LogP contribution in [-0.4, -0.2) is 60.8 Å². The summed E-state index contributed by atoms with van der Waals surface area (Å²) in [6.07, 6.45) is 4.76. The maximum atomic E-state index is 10.8. The molecule has 1 N–H and O–H groups in total. The summed E-state index contributed by atoms with van der Waals surface area (Å²) in [5.41, 5.74) is 0. The molecule has 5 atom stereocenters. The van der Waals surface area contributed by atoms with Crippen LogP contribution < -0.4 is 0 Å². The molecule has 3 nitrogen and oxygen atoms in total. The molecule has 5 unspecified atom stereocenters. The summed E-state index contributed by atoms with van der Waals surface area (Å²) in [7, 11) is 4.37. The minimum atomic E-state index is -0.152.